The summed E-state index contributed by atoms with van der Waals surface area (Å²) in [6.45, 7) is 0. The number of methoxy groups -OCH3 is 1. The molecule has 1 aromatic heterocycles. The number of hydrogen-bond donors (Lipinski definition) is 1. The maximum absolute atomic E-state index is 12.3. The molecule has 2 rings (SSSR count). The first-order chi connectivity index (χ1) is 9.53. The lowest BCUT2D eigenvalue weighted by atomic mass is 10.2. The Morgan fingerprint density at radius 2 is 2.10 bits per heavy atom. The molecule has 0 aliphatic heterocycles. The molecule has 1 aromatic carbocycles. The van der Waals surface area contributed by atoms with Crippen molar-refractivity contribution in [1.29, 1.82) is 0 Å². The zero-order chi connectivity index (χ0) is 14.6. The zero-order valence-corrected chi connectivity index (χ0v) is 11.9. The number of hydrogen-bond acceptors (Lipinski definition) is 5. The molecule has 106 valence electrons. The van der Waals surface area contributed by atoms with Crippen molar-refractivity contribution in [3.63, 3.8) is 0 Å². The number of aryl methyl sites for hydroxylation is 1. The van der Waals surface area contributed by atoms with Gasteiger partial charge in [-0.15, -0.1) is 0 Å². The van der Waals surface area contributed by atoms with E-state index in [0.29, 0.717) is 12.2 Å². The monoisotopic (exact) mass is 292 g/mol. The van der Waals surface area contributed by atoms with Crippen molar-refractivity contribution in [1.82, 2.24) is 4.98 Å². The van der Waals surface area contributed by atoms with Gasteiger partial charge in [-0.1, -0.05) is 6.07 Å². The van der Waals surface area contributed by atoms with Gasteiger partial charge >= 0.3 is 0 Å². The van der Waals surface area contributed by atoms with E-state index in [-0.39, 0.29) is 16.3 Å². The van der Waals surface area contributed by atoms with E-state index in [1.807, 2.05) is 6.07 Å². The summed E-state index contributed by atoms with van der Waals surface area (Å²) in [4.78, 5) is 4.08. The standard InChI is InChI=1S/C14H16N2O3S/c1-19-12-4-5-13(15)14(9-12)20(17,18)8-6-11-3-2-7-16-10-11/h2-5,7,9-10H,6,8,15H2,1H3. The van der Waals surface area contributed by atoms with Gasteiger partial charge < -0.3 is 10.5 Å². The second-order valence-corrected chi connectivity index (χ2v) is 6.41. The zero-order valence-electron chi connectivity index (χ0n) is 11.1. The Hall–Kier alpha value is -2.08. The largest absolute Gasteiger partial charge is 0.497 e. The summed E-state index contributed by atoms with van der Waals surface area (Å²) in [7, 11) is -1.97. The molecular formula is C14H16N2O3S. The van der Waals surface area contributed by atoms with Crippen LogP contribution in [-0.2, 0) is 16.3 Å². The van der Waals surface area contributed by atoms with Crippen LogP contribution in [0.25, 0.3) is 0 Å². The first-order valence-corrected chi connectivity index (χ1v) is 7.73. The Balaban J connectivity index is 2.22. The summed E-state index contributed by atoms with van der Waals surface area (Å²) in [6.07, 6.45) is 3.70. The van der Waals surface area contributed by atoms with Gasteiger partial charge in [0.1, 0.15) is 5.75 Å². The number of rotatable bonds is 5. The number of nitrogens with two attached hydrogens (primary N) is 1. The van der Waals surface area contributed by atoms with Crippen LogP contribution in [0.3, 0.4) is 0 Å². The van der Waals surface area contributed by atoms with Gasteiger partial charge in [-0.25, -0.2) is 8.42 Å². The molecule has 0 radical (unpaired) electrons. The topological polar surface area (TPSA) is 82.3 Å². The van der Waals surface area contributed by atoms with E-state index in [9.17, 15) is 8.42 Å². The normalized spacial score (nSPS) is 11.2. The molecule has 0 aliphatic carbocycles. The van der Waals surface area contributed by atoms with Gasteiger partial charge in [0.05, 0.1) is 23.4 Å². The fourth-order valence-corrected chi connectivity index (χ4v) is 3.27. The Kier molecular flexibility index (Phi) is 4.24. The van der Waals surface area contributed by atoms with Crippen LogP contribution in [0.2, 0.25) is 0 Å². The molecule has 0 fully saturated rings. The highest BCUT2D eigenvalue weighted by molar-refractivity contribution is 7.91. The number of pyridine rings is 1. The summed E-state index contributed by atoms with van der Waals surface area (Å²) in [5, 5.41) is 0. The van der Waals surface area contributed by atoms with E-state index >= 15 is 0 Å². The third-order valence-electron chi connectivity index (χ3n) is 2.94. The van der Waals surface area contributed by atoms with E-state index in [1.54, 1.807) is 24.5 Å². The van der Waals surface area contributed by atoms with E-state index in [4.69, 9.17) is 10.5 Å². The third-order valence-corrected chi connectivity index (χ3v) is 4.70. The summed E-state index contributed by atoms with van der Waals surface area (Å²) in [5.41, 5.74) is 6.86. The number of ether oxygens (including phenoxy) is 1. The first kappa shape index (κ1) is 14.3. The lowest BCUT2D eigenvalue weighted by Gasteiger charge is -2.09. The van der Waals surface area contributed by atoms with Crippen molar-refractivity contribution in [3.05, 3.63) is 48.3 Å². The molecule has 0 saturated heterocycles. The number of benzene rings is 1. The average Bonchev–Trinajstić information content (AvgIpc) is 2.47. The van der Waals surface area contributed by atoms with Crippen LogP contribution in [0.1, 0.15) is 5.56 Å². The van der Waals surface area contributed by atoms with Crippen molar-refractivity contribution >= 4 is 15.5 Å². The molecule has 0 spiro atoms. The Morgan fingerprint density at radius 3 is 2.75 bits per heavy atom. The van der Waals surface area contributed by atoms with E-state index in [1.165, 1.54) is 19.2 Å². The fourth-order valence-electron chi connectivity index (χ4n) is 1.82. The first-order valence-electron chi connectivity index (χ1n) is 6.08. The fraction of sp³-hybridized carbons (Fsp3) is 0.214. The highest BCUT2D eigenvalue weighted by Crippen LogP contribution is 2.25. The second kappa shape index (κ2) is 5.92. The van der Waals surface area contributed by atoms with Crippen LogP contribution in [0.4, 0.5) is 5.69 Å². The molecule has 6 heteroatoms. The summed E-state index contributed by atoms with van der Waals surface area (Å²) < 4.78 is 29.7. The summed E-state index contributed by atoms with van der Waals surface area (Å²) >= 11 is 0. The van der Waals surface area contributed by atoms with Gasteiger partial charge in [-0.05, 0) is 30.2 Å². The summed E-state index contributed by atoms with van der Waals surface area (Å²) in [6, 6.07) is 8.25. The molecule has 0 bridgehead atoms. The van der Waals surface area contributed by atoms with Crippen LogP contribution in [-0.4, -0.2) is 26.3 Å². The average molecular weight is 292 g/mol. The minimum absolute atomic E-state index is 0.0178. The van der Waals surface area contributed by atoms with Gasteiger partial charge in [-0.3, -0.25) is 4.98 Å². The summed E-state index contributed by atoms with van der Waals surface area (Å²) in [5.74, 6) is 0.454. The second-order valence-electron chi connectivity index (χ2n) is 4.33. The van der Waals surface area contributed by atoms with E-state index in [0.717, 1.165) is 5.56 Å². The number of nitrogen functional groups attached to an aromatic ring is 1. The number of anilines is 1. The van der Waals surface area contributed by atoms with Gasteiger partial charge in [0.15, 0.2) is 9.84 Å². The third kappa shape index (κ3) is 3.27. The highest BCUT2D eigenvalue weighted by atomic mass is 32.2. The predicted molar refractivity (Wildman–Crippen MR) is 77.4 cm³/mol. The van der Waals surface area contributed by atoms with Crippen LogP contribution >= 0.6 is 0 Å². The van der Waals surface area contributed by atoms with Gasteiger partial charge in [0.2, 0.25) is 0 Å². The van der Waals surface area contributed by atoms with Crippen LogP contribution < -0.4 is 10.5 Å². The van der Waals surface area contributed by atoms with Crippen molar-refractivity contribution in [2.75, 3.05) is 18.6 Å². The maximum Gasteiger partial charge on any atom is 0.180 e. The molecule has 20 heavy (non-hydrogen) atoms. The van der Waals surface area contributed by atoms with Crippen molar-refractivity contribution in [2.24, 2.45) is 0 Å². The van der Waals surface area contributed by atoms with Gasteiger partial charge in [0, 0.05) is 18.5 Å². The number of aromatic nitrogens is 1. The maximum atomic E-state index is 12.3. The van der Waals surface area contributed by atoms with Crippen LogP contribution in [0.15, 0.2) is 47.6 Å². The van der Waals surface area contributed by atoms with Crippen molar-refractivity contribution < 1.29 is 13.2 Å². The minimum Gasteiger partial charge on any atom is -0.497 e. The molecular weight excluding hydrogens is 276 g/mol. The molecule has 2 N–H and O–H groups in total. The molecule has 2 aromatic rings. The molecule has 0 saturated carbocycles. The Morgan fingerprint density at radius 1 is 1.30 bits per heavy atom. The van der Waals surface area contributed by atoms with E-state index in [2.05, 4.69) is 4.98 Å². The van der Waals surface area contributed by atoms with Gasteiger partial charge in [-0.2, -0.15) is 0 Å². The highest BCUT2D eigenvalue weighted by Gasteiger charge is 2.18. The SMILES string of the molecule is COc1ccc(N)c(S(=O)(=O)CCc2cccnc2)c1. The van der Waals surface area contributed by atoms with E-state index < -0.39 is 9.84 Å². The molecule has 0 atom stereocenters. The molecule has 0 amide bonds. The molecule has 1 heterocycles. The number of nitrogens with zero attached hydrogens (tertiary/aromatic N) is 1. The molecule has 5 nitrogen and oxygen atoms in total. The lowest BCUT2D eigenvalue weighted by Crippen LogP contribution is -2.11. The van der Waals surface area contributed by atoms with Crippen LogP contribution in [0, 0.1) is 0 Å². The quantitative estimate of drug-likeness (QED) is 0.848. The number of sulfone groups is 1. The minimum atomic E-state index is -3.45. The van der Waals surface area contributed by atoms with Crippen molar-refractivity contribution in [3.8, 4) is 5.75 Å². The van der Waals surface area contributed by atoms with Gasteiger partial charge in [0.25, 0.3) is 0 Å². The molecule has 0 unspecified atom stereocenters. The smallest absolute Gasteiger partial charge is 0.180 e. The lowest BCUT2D eigenvalue weighted by molar-refractivity contribution is 0.413. The Bertz CT molecular complexity index is 685. The van der Waals surface area contributed by atoms with Crippen molar-refractivity contribution in [2.45, 2.75) is 11.3 Å². The van der Waals surface area contributed by atoms with Crippen LogP contribution in [0.5, 0.6) is 5.75 Å². The Labute approximate surface area is 118 Å². The molecule has 0 aliphatic rings. The predicted octanol–water partition coefficient (Wildman–Crippen LogP) is 1.69.